The van der Waals surface area contributed by atoms with Crippen molar-refractivity contribution in [2.45, 2.75) is 38.7 Å². The van der Waals surface area contributed by atoms with E-state index >= 15 is 0 Å². The number of aromatic amines is 1. The highest BCUT2D eigenvalue weighted by Crippen LogP contribution is 2.47. The lowest BCUT2D eigenvalue weighted by atomic mass is 9.71. The Bertz CT molecular complexity index is 1160. The van der Waals surface area contributed by atoms with Gasteiger partial charge in [0, 0.05) is 39.7 Å². The van der Waals surface area contributed by atoms with E-state index in [2.05, 4.69) is 24.9 Å². The number of nitrogens with two attached hydrogens (primary N) is 1. The zero-order valence-corrected chi connectivity index (χ0v) is 16.5. The number of carbonyl (C=O) groups excluding carboxylic acids is 1. The van der Waals surface area contributed by atoms with Gasteiger partial charge in [-0.1, -0.05) is 32.0 Å². The van der Waals surface area contributed by atoms with Crippen molar-refractivity contribution >= 4 is 16.7 Å². The molecule has 3 aromatic rings. The third kappa shape index (κ3) is 2.53. The molecule has 4 rings (SSSR count). The van der Waals surface area contributed by atoms with Crippen LogP contribution in [0, 0.1) is 11.3 Å². The molecule has 0 aliphatic heterocycles. The van der Waals surface area contributed by atoms with Gasteiger partial charge in [0.05, 0.1) is 17.2 Å². The maximum atomic E-state index is 13.4. The van der Waals surface area contributed by atoms with Crippen LogP contribution in [0.2, 0.25) is 0 Å². The van der Waals surface area contributed by atoms with Crippen molar-refractivity contribution in [3.8, 4) is 11.8 Å². The smallest absolute Gasteiger partial charge is 0.195 e. The van der Waals surface area contributed by atoms with E-state index in [1.54, 1.807) is 12.1 Å². The first-order valence-electron chi connectivity index (χ1n) is 9.33. The largest absolute Gasteiger partial charge is 0.486 e. The summed E-state index contributed by atoms with van der Waals surface area (Å²) in [4.78, 5) is 16.9. The Labute approximate surface area is 164 Å². The van der Waals surface area contributed by atoms with E-state index in [0.29, 0.717) is 29.0 Å². The van der Waals surface area contributed by atoms with Gasteiger partial charge in [-0.25, -0.2) is 0 Å². The van der Waals surface area contributed by atoms with Crippen LogP contribution in [0.15, 0.2) is 36.4 Å². The highest BCUT2D eigenvalue weighted by atomic mass is 16.5. The van der Waals surface area contributed by atoms with E-state index in [4.69, 9.17) is 10.5 Å². The Balaban J connectivity index is 1.98. The van der Waals surface area contributed by atoms with Gasteiger partial charge in [-0.15, -0.1) is 0 Å². The number of ketones is 1. The van der Waals surface area contributed by atoms with E-state index in [0.717, 1.165) is 22.2 Å². The molecule has 1 aliphatic carbocycles. The topological polar surface area (TPSA) is 91.9 Å². The average molecular weight is 373 g/mol. The van der Waals surface area contributed by atoms with Gasteiger partial charge in [0.2, 0.25) is 0 Å². The van der Waals surface area contributed by atoms with E-state index in [-0.39, 0.29) is 5.78 Å². The molecule has 1 aliphatic rings. The Morgan fingerprint density at radius 2 is 2.00 bits per heavy atom. The number of rotatable bonds is 3. The molecule has 2 aromatic carbocycles. The fraction of sp³-hybridized carbons (Fsp3) is 0.304. The van der Waals surface area contributed by atoms with Gasteiger partial charge < -0.3 is 15.5 Å². The zero-order chi connectivity index (χ0) is 20.3. The molecular weight excluding hydrogens is 350 g/mol. The third-order valence-corrected chi connectivity index (χ3v) is 5.55. The minimum Gasteiger partial charge on any atom is -0.486 e. The summed E-state index contributed by atoms with van der Waals surface area (Å²) >= 11 is 0. The molecule has 0 fully saturated rings. The number of nitrogens with zero attached hydrogens (tertiary/aromatic N) is 1. The first-order valence-corrected chi connectivity index (χ1v) is 9.33. The van der Waals surface area contributed by atoms with Crippen LogP contribution in [0.3, 0.4) is 0 Å². The normalized spacial score (nSPS) is 15.1. The molecule has 1 heterocycles. The number of H-pyrrole nitrogens is 1. The van der Waals surface area contributed by atoms with Crippen molar-refractivity contribution < 1.29 is 9.53 Å². The molecule has 28 heavy (non-hydrogen) atoms. The summed E-state index contributed by atoms with van der Waals surface area (Å²) < 4.78 is 6.22. The molecule has 142 valence electrons. The summed E-state index contributed by atoms with van der Waals surface area (Å²) in [6.45, 7) is 8.39. The highest BCUT2D eigenvalue weighted by molar-refractivity contribution is 6.20. The van der Waals surface area contributed by atoms with Crippen LogP contribution in [0.4, 0.5) is 0 Å². The molecule has 0 bridgehead atoms. The van der Waals surface area contributed by atoms with Crippen molar-refractivity contribution in [1.82, 2.24) is 4.98 Å². The van der Waals surface area contributed by atoms with Crippen LogP contribution in [-0.2, 0) is 5.41 Å². The molecule has 0 unspecified atom stereocenters. The molecule has 1 aromatic heterocycles. The predicted molar refractivity (Wildman–Crippen MR) is 109 cm³/mol. The van der Waals surface area contributed by atoms with Crippen molar-refractivity contribution in [3.63, 3.8) is 0 Å². The van der Waals surface area contributed by atoms with E-state index in [1.807, 2.05) is 38.1 Å². The number of benzene rings is 2. The number of nitrogens with one attached hydrogen (secondary N) is 1. The molecule has 0 amide bonds. The third-order valence-electron chi connectivity index (χ3n) is 5.55. The van der Waals surface area contributed by atoms with Crippen molar-refractivity contribution in [3.05, 3.63) is 64.3 Å². The predicted octanol–water partition coefficient (Wildman–Crippen LogP) is 4.03. The summed E-state index contributed by atoms with van der Waals surface area (Å²) in [7, 11) is 0. The first-order chi connectivity index (χ1) is 13.2. The lowest BCUT2D eigenvalue weighted by Crippen LogP contribution is -2.39. The second-order valence-corrected chi connectivity index (χ2v) is 8.45. The molecule has 5 heteroatoms. The minimum atomic E-state index is -0.545. The molecule has 0 saturated carbocycles. The number of aromatic nitrogens is 1. The van der Waals surface area contributed by atoms with Crippen molar-refractivity contribution in [2.24, 2.45) is 5.73 Å². The SMILES string of the molecule is CC(C)(CN)Oc1cccc2c1C(C)(C)c1[nH]c3cc(C#N)ccc3c1C2=O. The van der Waals surface area contributed by atoms with Gasteiger partial charge in [0.15, 0.2) is 5.78 Å². The standard InChI is InChI=1S/C23H23N3O2/c1-22(2,12-25)28-17-7-5-6-15-19(17)23(3,4)21-18(20(15)27)14-9-8-13(11-24)10-16(14)26-21/h5-10,26H,12,25H2,1-4H3. The van der Waals surface area contributed by atoms with Crippen LogP contribution in [0.1, 0.15) is 60.4 Å². The first kappa shape index (κ1) is 18.3. The molecule has 0 spiro atoms. The molecule has 3 N–H and O–H groups in total. The molecule has 5 nitrogen and oxygen atoms in total. The maximum Gasteiger partial charge on any atom is 0.195 e. The number of hydrogen-bond donors (Lipinski definition) is 2. The van der Waals surface area contributed by atoms with E-state index in [1.165, 1.54) is 0 Å². The van der Waals surface area contributed by atoms with Gasteiger partial charge in [0.25, 0.3) is 0 Å². The van der Waals surface area contributed by atoms with Crippen LogP contribution < -0.4 is 10.5 Å². The lowest BCUT2D eigenvalue weighted by molar-refractivity contribution is 0.101. The highest BCUT2D eigenvalue weighted by Gasteiger charge is 2.42. The maximum absolute atomic E-state index is 13.4. The Morgan fingerprint density at radius 1 is 1.25 bits per heavy atom. The molecule has 0 atom stereocenters. The van der Waals surface area contributed by atoms with Crippen LogP contribution in [-0.4, -0.2) is 22.9 Å². The lowest BCUT2D eigenvalue weighted by Gasteiger charge is -2.36. The van der Waals surface area contributed by atoms with Crippen LogP contribution in [0.25, 0.3) is 10.9 Å². The monoisotopic (exact) mass is 373 g/mol. The molecule has 0 saturated heterocycles. The number of fused-ring (bicyclic) bond motifs is 4. The Kier molecular flexibility index (Phi) is 3.88. The summed E-state index contributed by atoms with van der Waals surface area (Å²) in [5.41, 5.74) is 9.21. The van der Waals surface area contributed by atoms with E-state index < -0.39 is 11.0 Å². The second kappa shape index (κ2) is 5.95. The van der Waals surface area contributed by atoms with Gasteiger partial charge in [-0.2, -0.15) is 5.26 Å². The molecular formula is C23H23N3O2. The van der Waals surface area contributed by atoms with E-state index in [9.17, 15) is 10.1 Å². The summed E-state index contributed by atoms with van der Waals surface area (Å²) in [5, 5.41) is 10.0. The number of hydrogen-bond acceptors (Lipinski definition) is 4. The second-order valence-electron chi connectivity index (χ2n) is 8.45. The Morgan fingerprint density at radius 3 is 2.68 bits per heavy atom. The van der Waals surface area contributed by atoms with Crippen molar-refractivity contribution in [1.29, 1.82) is 5.26 Å². The van der Waals surface area contributed by atoms with Crippen LogP contribution in [0.5, 0.6) is 5.75 Å². The quantitative estimate of drug-likeness (QED) is 0.725. The van der Waals surface area contributed by atoms with Gasteiger partial charge >= 0.3 is 0 Å². The summed E-state index contributed by atoms with van der Waals surface area (Å²) in [5.74, 6) is 0.643. The van der Waals surface area contributed by atoms with Gasteiger partial charge in [0.1, 0.15) is 11.4 Å². The summed E-state index contributed by atoms with van der Waals surface area (Å²) in [6, 6.07) is 13.1. The molecule has 0 radical (unpaired) electrons. The summed E-state index contributed by atoms with van der Waals surface area (Å²) in [6.07, 6.45) is 0. The average Bonchev–Trinajstić information content (AvgIpc) is 3.05. The van der Waals surface area contributed by atoms with Crippen molar-refractivity contribution in [2.75, 3.05) is 6.54 Å². The Hall–Kier alpha value is -3.10. The van der Waals surface area contributed by atoms with Crippen LogP contribution >= 0.6 is 0 Å². The zero-order valence-electron chi connectivity index (χ0n) is 16.5. The van der Waals surface area contributed by atoms with Gasteiger partial charge in [-0.05, 0) is 32.0 Å². The minimum absolute atomic E-state index is 0.0312. The fourth-order valence-corrected chi connectivity index (χ4v) is 4.02. The van der Waals surface area contributed by atoms with Gasteiger partial charge in [-0.3, -0.25) is 4.79 Å². The number of carbonyl (C=O) groups is 1. The number of nitriles is 1. The fourth-order valence-electron chi connectivity index (χ4n) is 4.02. The number of ether oxygens (including phenoxy) is 1.